The predicted molar refractivity (Wildman–Crippen MR) is 60.8 cm³/mol. The Bertz CT molecular complexity index is 252. The molecule has 5 nitrogen and oxygen atoms in total. The van der Waals surface area contributed by atoms with Crippen LogP contribution in [0, 0.1) is 0 Å². The van der Waals surface area contributed by atoms with Crippen LogP contribution in [0.5, 0.6) is 0 Å². The monoisotopic (exact) mass is 227 g/mol. The molecule has 0 aromatic rings. The molecule has 0 bridgehead atoms. The van der Waals surface area contributed by atoms with Crippen molar-refractivity contribution in [2.75, 3.05) is 32.8 Å². The van der Waals surface area contributed by atoms with Gasteiger partial charge in [0.05, 0.1) is 19.3 Å². The second-order valence-electron chi connectivity index (χ2n) is 4.69. The van der Waals surface area contributed by atoms with Crippen molar-refractivity contribution in [3.05, 3.63) is 0 Å². The zero-order valence-corrected chi connectivity index (χ0v) is 10.1. The van der Waals surface area contributed by atoms with Crippen LogP contribution < -0.4 is 5.32 Å². The fourth-order valence-electron chi connectivity index (χ4n) is 2.30. The van der Waals surface area contributed by atoms with Crippen molar-refractivity contribution in [3.8, 4) is 0 Å². The van der Waals surface area contributed by atoms with Crippen LogP contribution in [0.2, 0.25) is 0 Å². The smallest absolute Gasteiger partial charge is 0.254 e. The molecule has 2 aliphatic rings. The van der Waals surface area contributed by atoms with Crippen LogP contribution in [0.3, 0.4) is 0 Å². The first kappa shape index (κ1) is 11.8. The zero-order chi connectivity index (χ0) is 11.5. The quantitative estimate of drug-likeness (QED) is 0.727. The van der Waals surface area contributed by atoms with Crippen LogP contribution in [0.4, 0.5) is 0 Å². The maximum atomic E-state index is 12.1. The molecule has 5 heteroatoms. The highest BCUT2D eigenvalue weighted by molar-refractivity contribution is 5.83. The average Bonchev–Trinajstić information content (AvgIpc) is 2.61. The Hall–Kier alpha value is -0.650. The van der Waals surface area contributed by atoms with Gasteiger partial charge in [-0.05, 0) is 6.42 Å². The number of hydrogen-bond acceptors (Lipinski definition) is 4. The summed E-state index contributed by atoms with van der Waals surface area (Å²) in [6, 6.07) is 0.362. The van der Waals surface area contributed by atoms with E-state index in [-0.39, 0.29) is 11.9 Å². The number of amides is 1. The molecule has 2 fully saturated rings. The lowest BCUT2D eigenvalue weighted by molar-refractivity contribution is -0.151. The van der Waals surface area contributed by atoms with Crippen molar-refractivity contribution in [1.82, 2.24) is 15.3 Å². The maximum absolute atomic E-state index is 12.1. The highest BCUT2D eigenvalue weighted by atomic mass is 16.5. The minimum absolute atomic E-state index is 0.00263. The molecule has 1 amide bonds. The Balaban J connectivity index is 1.90. The summed E-state index contributed by atoms with van der Waals surface area (Å²) in [6.45, 7) is 8.11. The van der Waals surface area contributed by atoms with E-state index in [4.69, 9.17) is 4.74 Å². The van der Waals surface area contributed by atoms with E-state index in [1.165, 1.54) is 0 Å². The van der Waals surface area contributed by atoms with Crippen molar-refractivity contribution in [1.29, 1.82) is 0 Å². The highest BCUT2D eigenvalue weighted by Gasteiger charge is 2.35. The van der Waals surface area contributed by atoms with Crippen LogP contribution in [-0.4, -0.2) is 60.9 Å². The predicted octanol–water partition coefficient (Wildman–Crippen LogP) is -0.167. The molecule has 1 atom stereocenters. The number of nitrogens with zero attached hydrogens (tertiary/aromatic N) is 2. The summed E-state index contributed by atoms with van der Waals surface area (Å²) in [5.41, 5.74) is 0. The van der Waals surface area contributed by atoms with Crippen LogP contribution >= 0.6 is 0 Å². The van der Waals surface area contributed by atoms with E-state index in [9.17, 15) is 4.79 Å². The summed E-state index contributed by atoms with van der Waals surface area (Å²) in [5.74, 6) is 0.218. The number of hydrogen-bond donors (Lipinski definition) is 1. The number of carbonyl (C=O) groups is 1. The molecule has 2 saturated heterocycles. The number of nitrogens with one attached hydrogen (secondary N) is 1. The Morgan fingerprint density at radius 3 is 2.62 bits per heavy atom. The van der Waals surface area contributed by atoms with Gasteiger partial charge >= 0.3 is 0 Å². The summed E-state index contributed by atoms with van der Waals surface area (Å²) in [5, 5.41) is 7.32. The van der Waals surface area contributed by atoms with Crippen molar-refractivity contribution in [3.63, 3.8) is 0 Å². The summed E-state index contributed by atoms with van der Waals surface area (Å²) in [7, 11) is 0. The molecule has 1 unspecified atom stereocenters. The third-order valence-electron chi connectivity index (χ3n) is 3.05. The molecular formula is C11H21N3O2. The van der Waals surface area contributed by atoms with Gasteiger partial charge in [-0.15, -0.1) is 0 Å². The first-order valence-electron chi connectivity index (χ1n) is 6.08. The maximum Gasteiger partial charge on any atom is 0.254 e. The third kappa shape index (κ3) is 2.53. The van der Waals surface area contributed by atoms with E-state index in [2.05, 4.69) is 24.2 Å². The summed E-state index contributed by atoms with van der Waals surface area (Å²) >= 11 is 0. The van der Waals surface area contributed by atoms with E-state index >= 15 is 0 Å². The fourth-order valence-corrected chi connectivity index (χ4v) is 2.30. The first-order valence-corrected chi connectivity index (χ1v) is 6.08. The molecule has 2 rings (SSSR count). The Labute approximate surface area is 96.7 Å². The zero-order valence-electron chi connectivity index (χ0n) is 10.1. The topological polar surface area (TPSA) is 44.8 Å². The van der Waals surface area contributed by atoms with Gasteiger partial charge in [-0.1, -0.05) is 13.8 Å². The van der Waals surface area contributed by atoms with Crippen molar-refractivity contribution in [2.24, 2.45) is 0 Å². The number of hydrazine groups is 1. The lowest BCUT2D eigenvalue weighted by atomic mass is 10.2. The van der Waals surface area contributed by atoms with Gasteiger partial charge in [-0.2, -0.15) is 0 Å². The van der Waals surface area contributed by atoms with Gasteiger partial charge in [0, 0.05) is 25.7 Å². The van der Waals surface area contributed by atoms with Crippen molar-refractivity contribution >= 4 is 5.91 Å². The number of morpholine rings is 1. The molecular weight excluding hydrogens is 206 g/mol. The minimum atomic E-state index is 0.00263. The molecule has 0 saturated carbocycles. The van der Waals surface area contributed by atoms with E-state index in [1.807, 2.05) is 5.01 Å². The number of rotatable bonds is 3. The van der Waals surface area contributed by atoms with E-state index in [1.54, 1.807) is 0 Å². The van der Waals surface area contributed by atoms with Gasteiger partial charge in [0.25, 0.3) is 5.91 Å². The SMILES string of the molecule is CC(C)NC1CCN(N2CCOCC2)C1=O. The van der Waals surface area contributed by atoms with E-state index in [0.717, 1.165) is 39.3 Å². The summed E-state index contributed by atoms with van der Waals surface area (Å²) in [4.78, 5) is 12.1. The fraction of sp³-hybridized carbons (Fsp3) is 0.909. The Kier molecular flexibility index (Phi) is 3.78. The largest absolute Gasteiger partial charge is 0.379 e. The van der Waals surface area contributed by atoms with Gasteiger partial charge < -0.3 is 10.1 Å². The molecule has 0 spiro atoms. The molecule has 16 heavy (non-hydrogen) atoms. The van der Waals surface area contributed by atoms with Gasteiger partial charge in [0.15, 0.2) is 0 Å². The van der Waals surface area contributed by atoms with Crippen LogP contribution in [0.15, 0.2) is 0 Å². The third-order valence-corrected chi connectivity index (χ3v) is 3.05. The Morgan fingerprint density at radius 2 is 2.00 bits per heavy atom. The highest BCUT2D eigenvalue weighted by Crippen LogP contribution is 2.15. The van der Waals surface area contributed by atoms with Crippen LogP contribution in [0.1, 0.15) is 20.3 Å². The molecule has 0 aliphatic carbocycles. The molecule has 1 N–H and O–H groups in total. The molecule has 0 aromatic heterocycles. The lowest BCUT2D eigenvalue weighted by Gasteiger charge is -2.34. The van der Waals surface area contributed by atoms with Gasteiger partial charge in [-0.25, -0.2) is 5.01 Å². The second-order valence-corrected chi connectivity index (χ2v) is 4.69. The normalized spacial score (nSPS) is 28.1. The summed E-state index contributed by atoms with van der Waals surface area (Å²) < 4.78 is 5.29. The first-order chi connectivity index (χ1) is 7.68. The van der Waals surface area contributed by atoms with Gasteiger partial charge in [0.2, 0.25) is 0 Å². The van der Waals surface area contributed by atoms with Crippen LogP contribution in [-0.2, 0) is 9.53 Å². The van der Waals surface area contributed by atoms with Gasteiger partial charge in [0.1, 0.15) is 0 Å². The van der Waals surface area contributed by atoms with E-state index < -0.39 is 0 Å². The second kappa shape index (κ2) is 5.12. The summed E-state index contributed by atoms with van der Waals surface area (Å²) in [6.07, 6.45) is 0.911. The minimum Gasteiger partial charge on any atom is -0.379 e. The molecule has 2 aliphatic heterocycles. The van der Waals surface area contributed by atoms with Crippen molar-refractivity contribution in [2.45, 2.75) is 32.4 Å². The van der Waals surface area contributed by atoms with E-state index in [0.29, 0.717) is 6.04 Å². The molecule has 0 aromatic carbocycles. The number of carbonyl (C=O) groups excluding carboxylic acids is 1. The Morgan fingerprint density at radius 1 is 1.31 bits per heavy atom. The van der Waals surface area contributed by atoms with Crippen LogP contribution in [0.25, 0.3) is 0 Å². The average molecular weight is 227 g/mol. The molecule has 92 valence electrons. The molecule has 2 heterocycles. The molecule has 0 radical (unpaired) electrons. The lowest BCUT2D eigenvalue weighted by Crippen LogP contribution is -2.52. The number of ether oxygens (including phenoxy) is 1. The van der Waals surface area contributed by atoms with Gasteiger partial charge in [-0.3, -0.25) is 9.80 Å². The van der Waals surface area contributed by atoms with Crippen molar-refractivity contribution < 1.29 is 9.53 Å². The standard InChI is InChI=1S/C11H21N3O2/c1-9(2)12-10-3-4-14(11(10)15)13-5-7-16-8-6-13/h9-10,12H,3-8H2,1-2H3.